The Labute approximate surface area is 192 Å². The summed E-state index contributed by atoms with van der Waals surface area (Å²) in [4.78, 5) is 26.5. The van der Waals surface area contributed by atoms with E-state index in [1.165, 1.54) is 25.3 Å². The number of hydrogen-bond acceptors (Lipinski definition) is 6. The Hall–Kier alpha value is -2.78. The molecule has 2 aromatic carbocycles. The van der Waals surface area contributed by atoms with Gasteiger partial charge in [0.2, 0.25) is 0 Å². The minimum absolute atomic E-state index is 0.0213. The number of methoxy groups -OCH3 is 1. The molecule has 2 aromatic rings. The lowest BCUT2D eigenvalue weighted by Crippen LogP contribution is -2.42. The third-order valence-electron chi connectivity index (χ3n) is 5.15. The van der Waals surface area contributed by atoms with Gasteiger partial charge in [0, 0.05) is 18.7 Å². The second kappa shape index (κ2) is 10.2. The van der Waals surface area contributed by atoms with Crippen molar-refractivity contribution < 1.29 is 27.5 Å². The summed E-state index contributed by atoms with van der Waals surface area (Å²) in [7, 11) is -2.67. The lowest BCUT2D eigenvalue weighted by atomic mass is 9.97. The molecule has 1 atom stereocenters. The average Bonchev–Trinajstić information content (AvgIpc) is 2.79. The number of esters is 1. The zero-order chi connectivity index (χ0) is 23.3. The number of nitrogens with one attached hydrogen (secondary N) is 1. The molecule has 10 heteroatoms. The monoisotopic (exact) mass is 480 g/mol. The van der Waals surface area contributed by atoms with E-state index in [9.17, 15) is 18.0 Å². The van der Waals surface area contributed by atoms with Gasteiger partial charge < -0.3 is 14.4 Å². The number of rotatable bonds is 7. The van der Waals surface area contributed by atoms with Crippen molar-refractivity contribution in [3.05, 3.63) is 53.1 Å². The van der Waals surface area contributed by atoms with Crippen LogP contribution in [0.25, 0.3) is 0 Å². The minimum atomic E-state index is -4.10. The predicted octanol–water partition coefficient (Wildman–Crippen LogP) is 3.56. The van der Waals surface area contributed by atoms with E-state index in [0.717, 1.165) is 0 Å². The van der Waals surface area contributed by atoms with Crippen molar-refractivity contribution in [1.29, 1.82) is 0 Å². The third-order valence-corrected chi connectivity index (χ3v) is 6.99. The molecule has 0 radical (unpaired) electrons. The van der Waals surface area contributed by atoms with Crippen LogP contribution in [0.5, 0.6) is 5.75 Å². The lowest BCUT2D eigenvalue weighted by molar-refractivity contribution is -0.149. The van der Waals surface area contributed by atoms with E-state index in [2.05, 4.69) is 4.72 Å². The zero-order valence-corrected chi connectivity index (χ0v) is 19.4. The van der Waals surface area contributed by atoms with Crippen LogP contribution in [0, 0.1) is 5.92 Å². The zero-order valence-electron chi connectivity index (χ0n) is 17.8. The topological polar surface area (TPSA) is 102 Å². The van der Waals surface area contributed by atoms with Crippen LogP contribution in [-0.2, 0) is 19.6 Å². The quantitative estimate of drug-likeness (QED) is 0.608. The molecule has 1 N–H and O–H groups in total. The number of anilines is 1. The van der Waals surface area contributed by atoms with E-state index in [1.54, 1.807) is 36.1 Å². The van der Waals surface area contributed by atoms with Crippen LogP contribution < -0.4 is 9.46 Å². The summed E-state index contributed by atoms with van der Waals surface area (Å²) in [5, 5.41) is -0.0213. The molecule has 172 valence electrons. The molecule has 1 aliphatic rings. The smallest absolute Gasteiger partial charge is 0.310 e. The number of halogens is 1. The van der Waals surface area contributed by atoms with Crippen molar-refractivity contribution in [2.45, 2.75) is 24.7 Å². The van der Waals surface area contributed by atoms with Gasteiger partial charge in [0.25, 0.3) is 15.9 Å². The highest BCUT2D eigenvalue weighted by molar-refractivity contribution is 7.92. The molecule has 1 fully saturated rings. The summed E-state index contributed by atoms with van der Waals surface area (Å²) >= 11 is 6.17. The van der Waals surface area contributed by atoms with Crippen LogP contribution in [0.15, 0.2) is 47.4 Å². The van der Waals surface area contributed by atoms with E-state index >= 15 is 0 Å². The van der Waals surface area contributed by atoms with Crippen molar-refractivity contribution >= 4 is 39.2 Å². The van der Waals surface area contributed by atoms with E-state index in [4.69, 9.17) is 21.1 Å². The molecule has 0 saturated carbocycles. The highest BCUT2D eigenvalue weighted by atomic mass is 35.5. The number of likely N-dealkylation sites (tertiary alicyclic amines) is 1. The number of amides is 1. The van der Waals surface area contributed by atoms with Gasteiger partial charge in [-0.1, -0.05) is 23.7 Å². The lowest BCUT2D eigenvalue weighted by Gasteiger charge is -2.31. The second-order valence-electron chi connectivity index (χ2n) is 7.29. The molecule has 1 heterocycles. The third kappa shape index (κ3) is 5.34. The molecule has 0 bridgehead atoms. The van der Waals surface area contributed by atoms with Crippen LogP contribution in [0.2, 0.25) is 5.02 Å². The number of ether oxygens (including phenoxy) is 2. The Morgan fingerprint density at radius 2 is 1.97 bits per heavy atom. The van der Waals surface area contributed by atoms with Crippen LogP contribution in [0.1, 0.15) is 30.1 Å². The maximum absolute atomic E-state index is 13.1. The Kier molecular flexibility index (Phi) is 7.63. The second-order valence-corrected chi connectivity index (χ2v) is 9.35. The fraction of sp³-hybridized carbons (Fsp3) is 0.364. The SMILES string of the molecule is CCOC(=O)[C@H]1CCCN(C(=O)c2ccc(Cl)c(S(=O)(=O)Nc3ccccc3OC)c2)C1. The maximum Gasteiger partial charge on any atom is 0.310 e. The number of hydrogen-bond donors (Lipinski definition) is 1. The number of carbonyl (C=O) groups is 2. The van der Waals surface area contributed by atoms with Crippen LogP contribution in [0.4, 0.5) is 5.69 Å². The Morgan fingerprint density at radius 3 is 2.69 bits per heavy atom. The number of nitrogens with zero attached hydrogens (tertiary/aromatic N) is 1. The van der Waals surface area contributed by atoms with Crippen molar-refractivity contribution in [2.75, 3.05) is 31.5 Å². The first-order valence-corrected chi connectivity index (χ1v) is 12.0. The summed E-state index contributed by atoms with van der Waals surface area (Å²) in [6, 6.07) is 10.6. The van der Waals surface area contributed by atoms with Crippen molar-refractivity contribution in [3.8, 4) is 5.75 Å². The minimum Gasteiger partial charge on any atom is -0.495 e. The first-order chi connectivity index (χ1) is 15.3. The summed E-state index contributed by atoms with van der Waals surface area (Å²) in [5.74, 6) is -0.747. The Bertz CT molecular complexity index is 1110. The molecule has 3 rings (SSSR count). The van der Waals surface area contributed by atoms with Gasteiger partial charge in [0.15, 0.2) is 0 Å². The Morgan fingerprint density at radius 1 is 1.22 bits per heavy atom. The Balaban J connectivity index is 1.85. The molecule has 0 spiro atoms. The van der Waals surface area contributed by atoms with E-state index in [1.807, 2.05) is 0 Å². The molecule has 8 nitrogen and oxygen atoms in total. The molecule has 0 aromatic heterocycles. The summed E-state index contributed by atoms with van der Waals surface area (Å²) in [6.07, 6.45) is 1.30. The highest BCUT2D eigenvalue weighted by Crippen LogP contribution is 2.30. The van der Waals surface area contributed by atoms with E-state index < -0.39 is 15.9 Å². The normalized spacial score (nSPS) is 16.3. The van der Waals surface area contributed by atoms with Crippen LogP contribution in [0.3, 0.4) is 0 Å². The maximum atomic E-state index is 13.1. The first-order valence-electron chi connectivity index (χ1n) is 10.2. The standard InChI is InChI=1S/C22H25ClN2O6S/c1-3-31-22(27)16-7-6-12-25(14-16)21(26)15-10-11-17(23)20(13-15)32(28,29)24-18-8-4-5-9-19(18)30-2/h4-5,8-11,13,16,24H,3,6-7,12,14H2,1-2H3/t16-/m0/s1. The van der Waals surface area contributed by atoms with Gasteiger partial charge in [0.1, 0.15) is 10.6 Å². The summed E-state index contributed by atoms with van der Waals surface area (Å²) < 4.78 is 38.8. The van der Waals surface area contributed by atoms with Crippen LogP contribution in [-0.4, -0.2) is 52.0 Å². The predicted molar refractivity (Wildman–Crippen MR) is 121 cm³/mol. The molecular weight excluding hydrogens is 456 g/mol. The van der Waals surface area contributed by atoms with Gasteiger partial charge in [0.05, 0.1) is 30.3 Å². The number of carbonyl (C=O) groups excluding carboxylic acids is 2. The van der Waals surface area contributed by atoms with Crippen LogP contribution >= 0.6 is 11.6 Å². The highest BCUT2D eigenvalue weighted by Gasteiger charge is 2.30. The fourth-order valence-electron chi connectivity index (χ4n) is 3.57. The first kappa shape index (κ1) is 23.9. The van der Waals surface area contributed by atoms with Gasteiger partial charge in [-0.25, -0.2) is 8.42 Å². The van der Waals surface area contributed by atoms with Gasteiger partial charge >= 0.3 is 5.97 Å². The average molecular weight is 481 g/mol. The van der Waals surface area contributed by atoms with Gasteiger partial charge in [-0.3, -0.25) is 14.3 Å². The van der Waals surface area contributed by atoms with Gasteiger partial charge in [-0.15, -0.1) is 0 Å². The molecule has 1 saturated heterocycles. The molecule has 0 aliphatic carbocycles. The summed E-state index contributed by atoms with van der Waals surface area (Å²) in [5.41, 5.74) is 0.412. The number of benzene rings is 2. The number of para-hydroxylation sites is 2. The molecule has 32 heavy (non-hydrogen) atoms. The van der Waals surface area contributed by atoms with Gasteiger partial charge in [-0.2, -0.15) is 0 Å². The van der Waals surface area contributed by atoms with Crippen molar-refractivity contribution in [1.82, 2.24) is 4.90 Å². The van der Waals surface area contributed by atoms with Gasteiger partial charge in [-0.05, 0) is 50.1 Å². The van der Waals surface area contributed by atoms with Crippen molar-refractivity contribution in [3.63, 3.8) is 0 Å². The van der Waals surface area contributed by atoms with Crippen molar-refractivity contribution in [2.24, 2.45) is 5.92 Å². The molecular formula is C22H25ClN2O6S. The summed E-state index contributed by atoms with van der Waals surface area (Å²) in [6.45, 7) is 2.71. The largest absolute Gasteiger partial charge is 0.495 e. The molecule has 1 aliphatic heterocycles. The molecule has 0 unspecified atom stereocenters. The molecule has 1 amide bonds. The van der Waals surface area contributed by atoms with E-state index in [0.29, 0.717) is 25.1 Å². The fourth-order valence-corrected chi connectivity index (χ4v) is 5.16. The number of sulfonamides is 1. The number of piperidine rings is 1. The van der Waals surface area contributed by atoms with E-state index in [-0.39, 0.29) is 46.2 Å².